The van der Waals surface area contributed by atoms with Crippen LogP contribution in [0.15, 0.2) is 49.1 Å². The number of H-pyrrole nitrogens is 2. The van der Waals surface area contributed by atoms with Gasteiger partial charge in [0.05, 0.1) is 0 Å². The van der Waals surface area contributed by atoms with Crippen LogP contribution in [-0.4, -0.2) is 19.9 Å². The molecule has 4 nitrogen and oxygen atoms in total. The number of hydrogen-bond acceptors (Lipinski definition) is 2. The lowest BCUT2D eigenvalue weighted by molar-refractivity contribution is 1.29. The van der Waals surface area contributed by atoms with E-state index in [1.807, 2.05) is 63.8 Å². The van der Waals surface area contributed by atoms with Crippen LogP contribution in [0, 0.1) is 13.8 Å². The molecule has 0 aromatic carbocycles. The van der Waals surface area contributed by atoms with Crippen molar-refractivity contribution in [1.29, 1.82) is 0 Å². The van der Waals surface area contributed by atoms with Crippen LogP contribution in [0.3, 0.4) is 0 Å². The molecule has 22 heavy (non-hydrogen) atoms. The molecule has 4 aromatic heterocycles. The molecule has 0 aliphatic rings. The molecule has 0 unspecified atom stereocenters. The Bertz CT molecular complexity index is 841. The average molecular weight is 294 g/mol. The first-order valence-electron chi connectivity index (χ1n) is 7.52. The third-order valence-corrected chi connectivity index (χ3v) is 3.22. The van der Waals surface area contributed by atoms with Crippen molar-refractivity contribution in [2.75, 3.05) is 0 Å². The Balaban J connectivity index is 0.000000144. The first kappa shape index (κ1) is 15.8. The van der Waals surface area contributed by atoms with E-state index in [-0.39, 0.29) is 0 Å². The van der Waals surface area contributed by atoms with Gasteiger partial charge in [-0.3, -0.25) is 0 Å². The number of aromatic nitrogens is 4. The molecule has 0 aliphatic heterocycles. The smallest absolute Gasteiger partial charge is 0.137 e. The highest BCUT2D eigenvalue weighted by atomic mass is 14.8. The van der Waals surface area contributed by atoms with E-state index < -0.39 is 0 Å². The number of hydrogen-bond donors (Lipinski definition) is 2. The van der Waals surface area contributed by atoms with Gasteiger partial charge in [0.1, 0.15) is 11.3 Å². The number of aromatic amines is 2. The fraction of sp³-hybridized carbons (Fsp3) is 0.222. The summed E-state index contributed by atoms with van der Waals surface area (Å²) in [7, 11) is 0. The monoisotopic (exact) mass is 294 g/mol. The highest BCUT2D eigenvalue weighted by Gasteiger charge is 1.95. The molecule has 114 valence electrons. The molecule has 4 rings (SSSR count). The molecular weight excluding hydrogens is 272 g/mol. The van der Waals surface area contributed by atoms with Gasteiger partial charge in [-0.2, -0.15) is 0 Å². The van der Waals surface area contributed by atoms with E-state index in [1.54, 1.807) is 0 Å². The van der Waals surface area contributed by atoms with Gasteiger partial charge >= 0.3 is 0 Å². The van der Waals surface area contributed by atoms with Crippen molar-refractivity contribution in [2.24, 2.45) is 0 Å². The zero-order chi connectivity index (χ0) is 15.9. The molecule has 0 atom stereocenters. The highest BCUT2D eigenvalue weighted by molar-refractivity contribution is 5.78. The van der Waals surface area contributed by atoms with E-state index in [4.69, 9.17) is 0 Å². The summed E-state index contributed by atoms with van der Waals surface area (Å²) >= 11 is 0. The van der Waals surface area contributed by atoms with Crippen LogP contribution in [0.4, 0.5) is 0 Å². The van der Waals surface area contributed by atoms with Crippen LogP contribution in [0.5, 0.6) is 0 Å². The van der Waals surface area contributed by atoms with Crippen molar-refractivity contribution in [3.63, 3.8) is 0 Å². The molecule has 0 amide bonds. The minimum Gasteiger partial charge on any atom is -0.346 e. The standard InChI is InChI=1S/2C8H8N2.C2H6/c1-6-2-4-9-8-7(6)3-5-10-8;1-6-4-7-2-3-9-8(7)10-5-6;1-2/h2*2-5H,1H3,(H,9,10);1-2H3. The molecule has 0 saturated heterocycles. The highest BCUT2D eigenvalue weighted by Crippen LogP contribution is 2.12. The number of pyridine rings is 2. The van der Waals surface area contributed by atoms with Crippen LogP contribution in [0.1, 0.15) is 25.0 Å². The first-order valence-corrected chi connectivity index (χ1v) is 7.52. The summed E-state index contributed by atoms with van der Waals surface area (Å²) in [6.07, 6.45) is 7.48. The molecule has 0 bridgehead atoms. The third-order valence-electron chi connectivity index (χ3n) is 3.22. The number of nitrogens with one attached hydrogen (secondary N) is 2. The second-order valence-corrected chi connectivity index (χ2v) is 4.80. The molecular formula is C18H22N4. The summed E-state index contributed by atoms with van der Waals surface area (Å²) < 4.78 is 0. The summed E-state index contributed by atoms with van der Waals surface area (Å²) in [5, 5.41) is 2.39. The van der Waals surface area contributed by atoms with Crippen LogP contribution >= 0.6 is 0 Å². The number of nitrogens with zero attached hydrogens (tertiary/aromatic N) is 2. The normalized spacial score (nSPS) is 9.82. The third kappa shape index (κ3) is 3.52. The van der Waals surface area contributed by atoms with E-state index in [0.717, 1.165) is 11.3 Å². The molecule has 2 N–H and O–H groups in total. The van der Waals surface area contributed by atoms with Crippen molar-refractivity contribution in [1.82, 2.24) is 19.9 Å². The number of rotatable bonds is 0. The quantitative estimate of drug-likeness (QED) is 0.491. The van der Waals surface area contributed by atoms with Crippen molar-refractivity contribution in [3.8, 4) is 0 Å². The van der Waals surface area contributed by atoms with Crippen molar-refractivity contribution in [3.05, 3.63) is 60.2 Å². The zero-order valence-corrected chi connectivity index (χ0v) is 13.5. The summed E-state index contributed by atoms with van der Waals surface area (Å²) in [4.78, 5) is 14.4. The number of fused-ring (bicyclic) bond motifs is 2. The molecule has 0 fully saturated rings. The fourth-order valence-electron chi connectivity index (χ4n) is 2.15. The first-order chi connectivity index (χ1) is 10.7. The average Bonchev–Trinajstić information content (AvgIpc) is 3.18. The predicted octanol–water partition coefficient (Wildman–Crippen LogP) is 4.77. The minimum atomic E-state index is 0.964. The van der Waals surface area contributed by atoms with Gasteiger partial charge in [-0.25, -0.2) is 9.97 Å². The molecule has 0 spiro atoms. The predicted molar refractivity (Wildman–Crippen MR) is 93.0 cm³/mol. The SMILES string of the molecule is CC.Cc1ccnc2[nH]ccc12.Cc1cnc2[nH]ccc2c1. The van der Waals surface area contributed by atoms with Crippen LogP contribution in [0.2, 0.25) is 0 Å². The Morgan fingerprint density at radius 1 is 0.864 bits per heavy atom. The molecule has 0 saturated carbocycles. The van der Waals surface area contributed by atoms with Gasteiger partial charge in [0.2, 0.25) is 0 Å². The maximum absolute atomic E-state index is 4.19. The summed E-state index contributed by atoms with van der Waals surface area (Å²) in [5.74, 6) is 0. The van der Waals surface area contributed by atoms with E-state index >= 15 is 0 Å². The van der Waals surface area contributed by atoms with Gasteiger partial charge < -0.3 is 9.97 Å². The lowest BCUT2D eigenvalue weighted by Gasteiger charge is -1.91. The van der Waals surface area contributed by atoms with Crippen LogP contribution in [0.25, 0.3) is 22.1 Å². The maximum Gasteiger partial charge on any atom is 0.137 e. The van der Waals surface area contributed by atoms with Gasteiger partial charge in [0, 0.05) is 35.6 Å². The lowest BCUT2D eigenvalue weighted by Crippen LogP contribution is -1.77. The summed E-state index contributed by atoms with van der Waals surface area (Å²) in [5.41, 5.74) is 4.41. The Morgan fingerprint density at radius 3 is 2.36 bits per heavy atom. The Hall–Kier alpha value is -2.62. The van der Waals surface area contributed by atoms with E-state index in [2.05, 4.69) is 32.9 Å². The fourth-order valence-corrected chi connectivity index (χ4v) is 2.15. The van der Waals surface area contributed by atoms with Crippen molar-refractivity contribution >= 4 is 22.1 Å². The Kier molecular flexibility index (Phi) is 5.31. The van der Waals surface area contributed by atoms with Crippen molar-refractivity contribution < 1.29 is 0 Å². The van der Waals surface area contributed by atoms with Gasteiger partial charge in [0.15, 0.2) is 0 Å². The minimum absolute atomic E-state index is 0.964. The Morgan fingerprint density at radius 2 is 1.59 bits per heavy atom. The van der Waals surface area contributed by atoms with Gasteiger partial charge in [-0.1, -0.05) is 13.8 Å². The van der Waals surface area contributed by atoms with E-state index in [0.29, 0.717) is 0 Å². The van der Waals surface area contributed by atoms with Crippen LogP contribution < -0.4 is 0 Å². The summed E-state index contributed by atoms with van der Waals surface area (Å²) in [6.45, 7) is 8.12. The van der Waals surface area contributed by atoms with Gasteiger partial charge in [0.25, 0.3) is 0 Å². The molecule has 4 heteroatoms. The topological polar surface area (TPSA) is 57.4 Å². The summed E-state index contributed by atoms with van der Waals surface area (Å²) in [6, 6.07) is 8.18. The van der Waals surface area contributed by atoms with Gasteiger partial charge in [-0.15, -0.1) is 0 Å². The largest absolute Gasteiger partial charge is 0.346 e. The molecule has 4 heterocycles. The Labute approximate surface area is 130 Å². The molecule has 4 aromatic rings. The second kappa shape index (κ2) is 7.41. The van der Waals surface area contributed by atoms with Crippen LogP contribution in [-0.2, 0) is 0 Å². The second-order valence-electron chi connectivity index (χ2n) is 4.80. The van der Waals surface area contributed by atoms with Gasteiger partial charge in [-0.05, 0) is 49.2 Å². The number of aryl methyl sites for hydroxylation is 2. The zero-order valence-electron chi connectivity index (χ0n) is 13.5. The molecule has 0 aliphatic carbocycles. The van der Waals surface area contributed by atoms with E-state index in [1.165, 1.54) is 21.9 Å². The maximum atomic E-state index is 4.19. The molecule has 0 radical (unpaired) electrons. The van der Waals surface area contributed by atoms with Crippen molar-refractivity contribution in [2.45, 2.75) is 27.7 Å². The lowest BCUT2D eigenvalue weighted by atomic mass is 10.2. The van der Waals surface area contributed by atoms with E-state index in [9.17, 15) is 0 Å².